The Morgan fingerprint density at radius 2 is 1.96 bits per heavy atom. The van der Waals surface area contributed by atoms with Crippen LogP contribution in [0.3, 0.4) is 0 Å². The van der Waals surface area contributed by atoms with Crippen molar-refractivity contribution < 1.29 is 0 Å². The zero-order valence-electron chi connectivity index (χ0n) is 13.6. The molecule has 7 heteroatoms. The molecule has 1 aromatic carbocycles. The van der Waals surface area contributed by atoms with Crippen LogP contribution in [0, 0.1) is 25.2 Å². The second-order valence-electron chi connectivity index (χ2n) is 5.42. The Bertz CT molecular complexity index is 897. The van der Waals surface area contributed by atoms with E-state index < -0.39 is 0 Å². The SMILES string of the molecule is Cc1cc(C)c(C#N)c(S[C@@H](C)c2nnnn2-c2ccccc2)n1. The number of aryl methyl sites for hydroxylation is 2. The van der Waals surface area contributed by atoms with Gasteiger partial charge in [0.2, 0.25) is 0 Å². The van der Waals surface area contributed by atoms with Crippen LogP contribution in [-0.2, 0) is 0 Å². The van der Waals surface area contributed by atoms with Crippen molar-refractivity contribution in [1.29, 1.82) is 5.26 Å². The molecule has 0 unspecified atom stereocenters. The van der Waals surface area contributed by atoms with Gasteiger partial charge in [0.15, 0.2) is 5.82 Å². The summed E-state index contributed by atoms with van der Waals surface area (Å²) < 4.78 is 1.71. The van der Waals surface area contributed by atoms with E-state index in [-0.39, 0.29) is 5.25 Å². The van der Waals surface area contributed by atoms with E-state index in [1.165, 1.54) is 11.8 Å². The number of benzene rings is 1. The predicted molar refractivity (Wildman–Crippen MR) is 91.9 cm³/mol. The highest BCUT2D eigenvalue weighted by Crippen LogP contribution is 2.35. The van der Waals surface area contributed by atoms with Gasteiger partial charge in [-0.2, -0.15) is 9.94 Å². The van der Waals surface area contributed by atoms with E-state index in [0.717, 1.165) is 22.8 Å². The number of rotatable bonds is 4. The van der Waals surface area contributed by atoms with Gasteiger partial charge in [-0.15, -0.1) is 5.10 Å². The van der Waals surface area contributed by atoms with Gasteiger partial charge in [-0.25, -0.2) is 4.98 Å². The molecule has 3 aromatic rings. The summed E-state index contributed by atoms with van der Waals surface area (Å²) in [4.78, 5) is 4.52. The molecule has 3 rings (SSSR count). The molecule has 0 saturated carbocycles. The molecular weight excluding hydrogens is 320 g/mol. The maximum atomic E-state index is 9.42. The first-order valence-corrected chi connectivity index (χ1v) is 8.37. The normalized spacial score (nSPS) is 11.9. The van der Waals surface area contributed by atoms with Crippen molar-refractivity contribution >= 4 is 11.8 Å². The Balaban J connectivity index is 1.94. The second-order valence-corrected chi connectivity index (χ2v) is 6.75. The van der Waals surface area contributed by atoms with Crippen LogP contribution in [0.1, 0.15) is 34.8 Å². The highest BCUT2D eigenvalue weighted by Gasteiger charge is 2.20. The molecule has 120 valence electrons. The molecule has 0 aliphatic rings. The number of para-hydroxylation sites is 1. The predicted octanol–water partition coefficient (Wildman–Crippen LogP) is 3.40. The third-order valence-corrected chi connectivity index (χ3v) is 4.65. The quantitative estimate of drug-likeness (QED) is 0.679. The molecule has 0 radical (unpaired) electrons. The number of pyridine rings is 1. The van der Waals surface area contributed by atoms with Gasteiger partial charge in [-0.1, -0.05) is 30.0 Å². The molecule has 0 aliphatic heterocycles. The summed E-state index contributed by atoms with van der Waals surface area (Å²) in [7, 11) is 0. The van der Waals surface area contributed by atoms with Crippen LogP contribution >= 0.6 is 11.8 Å². The fourth-order valence-electron chi connectivity index (χ4n) is 2.44. The first kappa shape index (κ1) is 16.1. The van der Waals surface area contributed by atoms with Crippen molar-refractivity contribution in [2.24, 2.45) is 0 Å². The Labute approximate surface area is 144 Å². The fraction of sp³-hybridized carbons (Fsp3) is 0.235. The molecule has 0 amide bonds. The minimum absolute atomic E-state index is 0.0546. The lowest BCUT2D eigenvalue weighted by Crippen LogP contribution is -2.05. The number of tetrazole rings is 1. The topological polar surface area (TPSA) is 80.3 Å². The van der Waals surface area contributed by atoms with Crippen LogP contribution in [-0.4, -0.2) is 25.2 Å². The summed E-state index contributed by atoms with van der Waals surface area (Å²) in [6.07, 6.45) is 0. The average Bonchev–Trinajstić information content (AvgIpc) is 3.05. The molecule has 0 saturated heterocycles. The summed E-state index contributed by atoms with van der Waals surface area (Å²) in [6, 6.07) is 13.9. The van der Waals surface area contributed by atoms with Crippen LogP contribution in [0.2, 0.25) is 0 Å². The van der Waals surface area contributed by atoms with Gasteiger partial charge >= 0.3 is 0 Å². The van der Waals surface area contributed by atoms with Crippen LogP contribution in [0.15, 0.2) is 41.4 Å². The van der Waals surface area contributed by atoms with E-state index in [1.54, 1.807) is 4.68 Å². The number of hydrogen-bond acceptors (Lipinski definition) is 6. The number of aromatic nitrogens is 5. The zero-order chi connectivity index (χ0) is 17.1. The molecule has 0 N–H and O–H groups in total. The van der Waals surface area contributed by atoms with Crippen LogP contribution in [0.25, 0.3) is 5.69 Å². The lowest BCUT2D eigenvalue weighted by Gasteiger charge is -2.13. The maximum absolute atomic E-state index is 9.42. The van der Waals surface area contributed by atoms with E-state index in [0.29, 0.717) is 10.6 Å². The third-order valence-electron chi connectivity index (χ3n) is 3.57. The lowest BCUT2D eigenvalue weighted by atomic mass is 10.1. The van der Waals surface area contributed by atoms with Gasteiger partial charge < -0.3 is 0 Å². The number of nitrogens with zero attached hydrogens (tertiary/aromatic N) is 6. The van der Waals surface area contributed by atoms with Crippen LogP contribution < -0.4 is 0 Å². The Morgan fingerprint density at radius 3 is 2.67 bits per heavy atom. The molecule has 24 heavy (non-hydrogen) atoms. The Kier molecular flexibility index (Phi) is 4.58. The molecule has 0 aliphatic carbocycles. The summed E-state index contributed by atoms with van der Waals surface area (Å²) >= 11 is 1.49. The minimum Gasteiger partial charge on any atom is -0.245 e. The number of thioether (sulfide) groups is 1. The Hall–Kier alpha value is -2.72. The second kappa shape index (κ2) is 6.81. The molecule has 0 spiro atoms. The first-order chi connectivity index (χ1) is 11.6. The minimum atomic E-state index is -0.0546. The summed E-state index contributed by atoms with van der Waals surface area (Å²) in [6.45, 7) is 5.86. The van der Waals surface area contributed by atoms with Gasteiger partial charge in [-0.05, 0) is 55.0 Å². The van der Waals surface area contributed by atoms with Crippen molar-refractivity contribution in [2.45, 2.75) is 31.0 Å². The molecule has 6 nitrogen and oxygen atoms in total. The molecule has 0 bridgehead atoms. The maximum Gasteiger partial charge on any atom is 0.169 e. The fourth-order valence-corrected chi connectivity index (χ4v) is 3.55. The lowest BCUT2D eigenvalue weighted by molar-refractivity contribution is 0.762. The van der Waals surface area contributed by atoms with E-state index in [4.69, 9.17) is 0 Å². The highest BCUT2D eigenvalue weighted by atomic mass is 32.2. The summed E-state index contributed by atoms with van der Waals surface area (Å²) in [5.74, 6) is 0.719. The van der Waals surface area contributed by atoms with Gasteiger partial charge in [-0.3, -0.25) is 0 Å². The van der Waals surface area contributed by atoms with Crippen LogP contribution in [0.5, 0.6) is 0 Å². The van der Waals surface area contributed by atoms with Gasteiger partial charge in [0.05, 0.1) is 16.5 Å². The highest BCUT2D eigenvalue weighted by molar-refractivity contribution is 7.99. The standard InChI is InChI=1S/C17H16N6S/c1-11-9-12(2)19-17(15(11)10-18)24-13(3)16-20-21-22-23(16)14-7-5-4-6-8-14/h4-9,13H,1-3H3/t13-/m0/s1. The van der Waals surface area contributed by atoms with Crippen molar-refractivity contribution in [1.82, 2.24) is 25.2 Å². The third kappa shape index (κ3) is 3.14. The monoisotopic (exact) mass is 336 g/mol. The average molecular weight is 336 g/mol. The van der Waals surface area contributed by atoms with E-state index in [9.17, 15) is 5.26 Å². The smallest absolute Gasteiger partial charge is 0.169 e. The van der Waals surface area contributed by atoms with Gasteiger partial charge in [0, 0.05) is 5.69 Å². The van der Waals surface area contributed by atoms with Crippen LogP contribution in [0.4, 0.5) is 0 Å². The van der Waals surface area contributed by atoms with Crippen molar-refractivity contribution in [2.75, 3.05) is 0 Å². The van der Waals surface area contributed by atoms with Gasteiger partial charge in [0.25, 0.3) is 0 Å². The Morgan fingerprint density at radius 1 is 1.21 bits per heavy atom. The van der Waals surface area contributed by atoms with Crippen molar-refractivity contribution in [3.63, 3.8) is 0 Å². The first-order valence-electron chi connectivity index (χ1n) is 7.49. The summed E-state index contributed by atoms with van der Waals surface area (Å²) in [5.41, 5.74) is 3.33. The van der Waals surface area contributed by atoms with E-state index in [1.807, 2.05) is 57.2 Å². The van der Waals surface area contributed by atoms with E-state index >= 15 is 0 Å². The molecular formula is C17H16N6S. The molecule has 0 fully saturated rings. The van der Waals surface area contributed by atoms with Gasteiger partial charge in [0.1, 0.15) is 11.1 Å². The molecule has 1 atom stereocenters. The largest absolute Gasteiger partial charge is 0.245 e. The van der Waals surface area contributed by atoms with E-state index in [2.05, 4.69) is 26.6 Å². The summed E-state index contributed by atoms with van der Waals surface area (Å²) in [5, 5.41) is 22.1. The number of nitriles is 1. The molecule has 2 heterocycles. The van der Waals surface area contributed by atoms with Crippen molar-refractivity contribution in [3.05, 3.63) is 59.0 Å². The zero-order valence-corrected chi connectivity index (χ0v) is 14.4. The number of hydrogen-bond donors (Lipinski definition) is 0. The molecule has 2 aromatic heterocycles. The van der Waals surface area contributed by atoms with Crippen molar-refractivity contribution in [3.8, 4) is 11.8 Å².